The van der Waals surface area contributed by atoms with E-state index in [1.807, 2.05) is 0 Å². The van der Waals surface area contributed by atoms with Crippen molar-refractivity contribution >= 4 is 35.1 Å². The zero-order chi connectivity index (χ0) is 28.2. The average Bonchev–Trinajstić information content (AvgIpc) is 3.41. The Morgan fingerprint density at radius 3 is 1.27 bits per heavy atom. The Morgan fingerprint density at radius 1 is 0.550 bits per heavy atom. The van der Waals surface area contributed by atoms with Crippen molar-refractivity contribution < 1.29 is 15.6 Å². The van der Waals surface area contributed by atoms with Crippen LogP contribution in [0.25, 0.3) is 12.2 Å². The average molecular weight is 660 g/mol. The van der Waals surface area contributed by atoms with Gasteiger partial charge < -0.3 is 0 Å². The summed E-state index contributed by atoms with van der Waals surface area (Å²) < 4.78 is -0.881. The molecule has 0 radical (unpaired) electrons. The van der Waals surface area contributed by atoms with Gasteiger partial charge in [-0.05, 0) is 0 Å². The van der Waals surface area contributed by atoms with Crippen molar-refractivity contribution in [3.63, 3.8) is 0 Å². The van der Waals surface area contributed by atoms with Gasteiger partial charge in [-0.2, -0.15) is 0 Å². The summed E-state index contributed by atoms with van der Waals surface area (Å²) in [5.74, 6) is -1.77. The van der Waals surface area contributed by atoms with E-state index in [1.165, 1.54) is 44.5 Å². The van der Waals surface area contributed by atoms with E-state index in [0.29, 0.717) is 0 Å². The molecule has 0 N–H and O–H groups in total. The van der Waals surface area contributed by atoms with E-state index in [9.17, 15) is 0 Å². The second kappa shape index (κ2) is 10.1. The summed E-state index contributed by atoms with van der Waals surface area (Å²) in [7, 11) is 17.9. The molecule has 4 aromatic rings. The molecule has 0 aromatic heterocycles. The Labute approximate surface area is 248 Å². The standard InChI is InChI=1S/2C17H15.C2H7Si.2ClH.Zr/c2*1-13-11-15-9-5-6-10-16(15)17(13)12-14-7-3-2-4-8-14;1-3-2;;;/h2*2-11H,12H2,1H3;3H,1-2H3;2*1H;/q;;;;;+2/p-2. The first kappa shape index (κ1) is 28.2. The Bertz CT molecular complexity index is 1520. The van der Waals surface area contributed by atoms with Gasteiger partial charge in [0.1, 0.15) is 0 Å². The molecule has 2 atom stereocenters. The van der Waals surface area contributed by atoms with Crippen LogP contribution in [0.1, 0.15) is 47.2 Å². The van der Waals surface area contributed by atoms with Gasteiger partial charge in [-0.1, -0.05) is 0 Å². The molecule has 0 heterocycles. The minimum absolute atomic E-state index is 0.440. The summed E-state index contributed by atoms with van der Waals surface area (Å²) in [6.45, 7) is 9.53. The molecule has 0 nitrogen and oxygen atoms in total. The van der Waals surface area contributed by atoms with Crippen molar-refractivity contribution in [3.8, 4) is 0 Å². The Kier molecular flexibility index (Phi) is 7.11. The Morgan fingerprint density at radius 2 is 0.900 bits per heavy atom. The molecule has 0 amide bonds. The van der Waals surface area contributed by atoms with Crippen LogP contribution in [0.4, 0.5) is 0 Å². The van der Waals surface area contributed by atoms with Crippen LogP contribution in [0.15, 0.2) is 120 Å². The van der Waals surface area contributed by atoms with Crippen LogP contribution < -0.4 is 0 Å². The third-order valence-corrected chi connectivity index (χ3v) is 67.9. The number of rotatable bonds is 7. The van der Waals surface area contributed by atoms with Gasteiger partial charge in [0.15, 0.2) is 0 Å². The fourth-order valence-corrected chi connectivity index (χ4v) is 49.9. The van der Waals surface area contributed by atoms with E-state index in [4.69, 9.17) is 17.0 Å². The van der Waals surface area contributed by atoms with Crippen LogP contribution >= 0.6 is 17.0 Å². The maximum absolute atomic E-state index is 8.96. The maximum atomic E-state index is 8.96. The molecule has 2 unspecified atom stereocenters. The molecule has 0 aliphatic heterocycles. The zero-order valence-corrected chi connectivity index (χ0v) is 28.9. The molecular weight excluding hydrogens is 623 g/mol. The monoisotopic (exact) mass is 657 g/mol. The molecule has 6 rings (SSSR count). The van der Waals surface area contributed by atoms with Crippen molar-refractivity contribution in [2.75, 3.05) is 0 Å². The second-order valence-electron chi connectivity index (χ2n) is 12.2. The van der Waals surface area contributed by atoms with E-state index in [2.05, 4.69) is 148 Å². The van der Waals surface area contributed by atoms with Gasteiger partial charge in [-0.25, -0.2) is 0 Å². The molecule has 0 spiro atoms. The normalized spacial score (nSPS) is 22.7. The molecule has 2 aliphatic rings. The Balaban J connectivity index is 1.77. The third-order valence-electron chi connectivity index (χ3n) is 10.1. The summed E-state index contributed by atoms with van der Waals surface area (Å²) in [5.41, 5.74) is 10.5. The van der Waals surface area contributed by atoms with Gasteiger partial charge in [0.25, 0.3) is 0 Å². The predicted octanol–water partition coefficient (Wildman–Crippen LogP) is 10.1. The fraction of sp³-hybridized carbons (Fsp3) is 0.222. The quantitative estimate of drug-likeness (QED) is 0.173. The van der Waals surface area contributed by atoms with Crippen molar-refractivity contribution in [2.45, 2.75) is 46.0 Å². The summed E-state index contributed by atoms with van der Waals surface area (Å²) >= 11 is -5.21. The number of allylic oxidation sites excluding steroid dienone is 2. The van der Waals surface area contributed by atoms with Crippen LogP contribution in [0, 0.1) is 0 Å². The van der Waals surface area contributed by atoms with Crippen LogP contribution in [-0.2, 0) is 34.6 Å². The van der Waals surface area contributed by atoms with Gasteiger partial charge in [0, 0.05) is 0 Å². The number of fused-ring (bicyclic) bond motifs is 2. The van der Waals surface area contributed by atoms with Crippen molar-refractivity contribution in [3.05, 3.63) is 154 Å². The summed E-state index contributed by atoms with van der Waals surface area (Å²) in [4.78, 5) is 0. The zero-order valence-electron chi connectivity index (χ0n) is 23.8. The van der Waals surface area contributed by atoms with Crippen LogP contribution in [0.5, 0.6) is 0 Å². The molecule has 0 saturated carbocycles. The Hall–Kier alpha value is -1.96. The van der Waals surface area contributed by atoms with Gasteiger partial charge >= 0.3 is 250 Å². The molecular formula is C36H37Cl2SiZr. The first-order chi connectivity index (χ1) is 19.2. The van der Waals surface area contributed by atoms with Crippen molar-refractivity contribution in [2.24, 2.45) is 0 Å². The van der Waals surface area contributed by atoms with Crippen LogP contribution in [0.3, 0.4) is 0 Å². The fourth-order valence-electron chi connectivity index (χ4n) is 8.32. The number of halogens is 2. The minimum atomic E-state index is -5.21. The van der Waals surface area contributed by atoms with E-state index in [1.54, 1.807) is 0 Å². The second-order valence-corrected chi connectivity index (χ2v) is 54.1. The first-order valence-corrected chi connectivity index (χ1v) is 30.3. The number of hydrogen-bond donors (Lipinski definition) is 0. The van der Waals surface area contributed by atoms with Crippen LogP contribution in [0.2, 0.25) is 13.1 Å². The van der Waals surface area contributed by atoms with Crippen molar-refractivity contribution in [1.82, 2.24) is 0 Å². The van der Waals surface area contributed by atoms with Gasteiger partial charge in [-0.15, -0.1) is 0 Å². The summed E-state index contributed by atoms with van der Waals surface area (Å²) in [6, 6.07) is 39.7. The number of benzene rings is 4. The molecule has 4 aromatic carbocycles. The van der Waals surface area contributed by atoms with E-state index in [-0.39, 0.29) is 0 Å². The molecule has 0 bridgehead atoms. The molecule has 40 heavy (non-hydrogen) atoms. The van der Waals surface area contributed by atoms with Gasteiger partial charge in [-0.3, -0.25) is 0 Å². The summed E-state index contributed by atoms with van der Waals surface area (Å²) in [5, 5.41) is 0. The van der Waals surface area contributed by atoms with Gasteiger partial charge in [0.2, 0.25) is 0 Å². The third kappa shape index (κ3) is 3.65. The van der Waals surface area contributed by atoms with E-state index in [0.717, 1.165) is 12.8 Å². The van der Waals surface area contributed by atoms with Crippen molar-refractivity contribution in [1.29, 1.82) is 0 Å². The van der Waals surface area contributed by atoms with Crippen LogP contribution in [-0.4, -0.2) is 5.92 Å². The molecule has 4 heteroatoms. The van der Waals surface area contributed by atoms with E-state index >= 15 is 0 Å². The van der Waals surface area contributed by atoms with E-state index < -0.39 is 27.7 Å². The van der Waals surface area contributed by atoms with Gasteiger partial charge in [0.05, 0.1) is 0 Å². The number of hydrogen-bond acceptors (Lipinski definition) is 0. The molecule has 0 saturated heterocycles. The SMILES string of the molecule is CC1=Cc2ccccc2[C]1(Cc1ccccc1)[Zr]([Cl])([Cl])([SiH](C)C)[C]1(Cc2ccccc2)C(C)=Cc2ccccc21. The topological polar surface area (TPSA) is 0 Å². The molecule has 203 valence electrons. The molecule has 2 aliphatic carbocycles. The predicted molar refractivity (Wildman–Crippen MR) is 174 cm³/mol. The summed E-state index contributed by atoms with van der Waals surface area (Å²) in [6.07, 6.45) is 6.43. The molecule has 0 fully saturated rings. The first-order valence-electron chi connectivity index (χ1n) is 14.4.